The second-order valence-electron chi connectivity index (χ2n) is 5.16. The summed E-state index contributed by atoms with van der Waals surface area (Å²) >= 11 is 0. The molecule has 1 amide bonds. The number of aryl methyl sites for hydroxylation is 1. The second-order valence-corrected chi connectivity index (χ2v) is 5.16. The number of para-hydroxylation sites is 1. The van der Waals surface area contributed by atoms with Crippen molar-refractivity contribution in [2.75, 3.05) is 5.32 Å². The Morgan fingerprint density at radius 3 is 2.42 bits per heavy atom. The highest BCUT2D eigenvalue weighted by Gasteiger charge is 2.17. The third-order valence-electron chi connectivity index (χ3n) is 2.25. The average Bonchev–Trinajstić information content (AvgIpc) is 2.25. The van der Waals surface area contributed by atoms with Gasteiger partial charge in [-0.05, 0) is 38.8 Å². The number of ether oxygens (including phenoxy) is 1. The summed E-state index contributed by atoms with van der Waals surface area (Å²) in [7, 11) is 0. The lowest BCUT2D eigenvalue weighted by molar-refractivity contribution is -0.143. The van der Waals surface area contributed by atoms with Crippen LogP contribution >= 0.6 is 0 Å². The first kappa shape index (κ1) is 15.0. The molecule has 1 aromatic rings. The van der Waals surface area contributed by atoms with E-state index in [0.717, 1.165) is 5.56 Å². The van der Waals surface area contributed by atoms with Crippen molar-refractivity contribution in [3.8, 4) is 0 Å². The maximum atomic E-state index is 11.7. The molecule has 0 spiro atoms. The highest BCUT2D eigenvalue weighted by molar-refractivity contribution is 5.86. The van der Waals surface area contributed by atoms with Crippen LogP contribution in [0.25, 0.3) is 0 Å². The number of hydrogen-bond acceptors (Lipinski definition) is 3. The van der Waals surface area contributed by atoms with Gasteiger partial charge in [0.15, 0.2) is 0 Å². The quantitative estimate of drug-likeness (QED) is 0.908. The van der Waals surface area contributed by atoms with Gasteiger partial charge < -0.3 is 4.74 Å². The van der Waals surface area contributed by atoms with Gasteiger partial charge in [0.25, 0.3) is 0 Å². The van der Waals surface area contributed by atoms with Crippen LogP contribution in [0.4, 0.5) is 10.5 Å². The number of hydrogen-bond donors (Lipinski definition) is 1. The van der Waals surface area contributed by atoms with E-state index in [-0.39, 0.29) is 6.42 Å². The third-order valence-corrected chi connectivity index (χ3v) is 2.25. The molecule has 5 heteroatoms. The molecule has 1 N–H and O–H groups in total. The zero-order chi connectivity index (χ0) is 14.5. The van der Waals surface area contributed by atoms with Gasteiger partial charge in [0, 0.05) is 5.69 Å². The Kier molecular flexibility index (Phi) is 4.92. The fourth-order valence-electron chi connectivity index (χ4n) is 1.51. The van der Waals surface area contributed by atoms with Gasteiger partial charge in [-0.25, -0.2) is 14.7 Å². The SMILES string of the molecule is CC(C)(C)OC(=O)Nc1ccccc1CCC([O])=O. The molecule has 0 unspecified atom stereocenters. The van der Waals surface area contributed by atoms with Gasteiger partial charge in [0.1, 0.15) is 5.60 Å². The highest BCUT2D eigenvalue weighted by atomic mass is 16.6. The van der Waals surface area contributed by atoms with E-state index in [1.54, 1.807) is 45.0 Å². The van der Waals surface area contributed by atoms with Gasteiger partial charge in [-0.2, -0.15) is 0 Å². The number of rotatable bonds is 4. The topological polar surface area (TPSA) is 75.3 Å². The van der Waals surface area contributed by atoms with E-state index in [1.165, 1.54) is 0 Å². The van der Waals surface area contributed by atoms with Crippen LogP contribution in [0.3, 0.4) is 0 Å². The third kappa shape index (κ3) is 5.90. The Morgan fingerprint density at radius 1 is 1.21 bits per heavy atom. The number of nitrogens with one attached hydrogen (secondary N) is 1. The van der Waals surface area contributed by atoms with Crippen molar-refractivity contribution >= 4 is 17.7 Å². The Balaban J connectivity index is 2.72. The molecule has 0 saturated heterocycles. The van der Waals surface area contributed by atoms with Crippen molar-refractivity contribution < 1.29 is 19.4 Å². The first-order valence-electron chi connectivity index (χ1n) is 6.06. The largest absolute Gasteiger partial charge is 0.444 e. The minimum atomic E-state index is -1.12. The van der Waals surface area contributed by atoms with Gasteiger partial charge in [0.05, 0.1) is 6.42 Å². The Morgan fingerprint density at radius 2 is 1.84 bits per heavy atom. The first-order valence-corrected chi connectivity index (χ1v) is 6.06. The van der Waals surface area contributed by atoms with Crippen LogP contribution in [-0.2, 0) is 21.1 Å². The molecule has 19 heavy (non-hydrogen) atoms. The van der Waals surface area contributed by atoms with Crippen LogP contribution in [0.2, 0.25) is 0 Å². The van der Waals surface area contributed by atoms with Crippen molar-refractivity contribution in [3.05, 3.63) is 29.8 Å². The summed E-state index contributed by atoms with van der Waals surface area (Å²) in [4.78, 5) is 22.1. The van der Waals surface area contributed by atoms with Crippen LogP contribution in [0.1, 0.15) is 32.8 Å². The molecule has 0 heterocycles. The Hall–Kier alpha value is -2.04. The van der Waals surface area contributed by atoms with Crippen molar-refractivity contribution in [2.45, 2.75) is 39.2 Å². The van der Waals surface area contributed by atoms with E-state index in [9.17, 15) is 14.7 Å². The predicted molar refractivity (Wildman–Crippen MR) is 70.3 cm³/mol. The summed E-state index contributed by atoms with van der Waals surface area (Å²) in [6, 6.07) is 7.00. The van der Waals surface area contributed by atoms with Gasteiger partial charge in [-0.3, -0.25) is 5.32 Å². The molecule has 0 fully saturated rings. The first-order chi connectivity index (χ1) is 8.78. The van der Waals surface area contributed by atoms with Gasteiger partial charge in [-0.1, -0.05) is 18.2 Å². The van der Waals surface area contributed by atoms with Crippen molar-refractivity contribution in [2.24, 2.45) is 0 Å². The molecule has 0 atom stereocenters. The van der Waals surface area contributed by atoms with Crippen molar-refractivity contribution in [3.63, 3.8) is 0 Å². The molecule has 0 aliphatic heterocycles. The molecule has 1 rings (SSSR count). The second kappa shape index (κ2) is 6.22. The number of carbonyl (C=O) groups is 2. The lowest BCUT2D eigenvalue weighted by Crippen LogP contribution is -2.27. The Labute approximate surface area is 112 Å². The molecule has 1 aromatic carbocycles. The standard InChI is InChI=1S/C14H18NO4/c1-14(2,3)19-13(18)15-11-7-5-4-6-10(11)8-9-12(16)17/h4-7H,8-9H2,1-3H3,(H,15,18). The zero-order valence-electron chi connectivity index (χ0n) is 11.4. The minimum Gasteiger partial charge on any atom is -0.444 e. The lowest BCUT2D eigenvalue weighted by atomic mass is 10.1. The number of carbonyl (C=O) groups excluding carboxylic acids is 2. The van der Waals surface area contributed by atoms with Crippen LogP contribution in [0, 0.1) is 0 Å². The van der Waals surface area contributed by atoms with E-state index in [1.807, 2.05) is 0 Å². The molecule has 0 aliphatic carbocycles. The molecule has 103 valence electrons. The van der Waals surface area contributed by atoms with Crippen LogP contribution in [0.15, 0.2) is 24.3 Å². The molecule has 0 bridgehead atoms. The molecule has 5 nitrogen and oxygen atoms in total. The van der Waals surface area contributed by atoms with E-state index >= 15 is 0 Å². The predicted octanol–water partition coefficient (Wildman–Crippen LogP) is 2.92. The fraction of sp³-hybridized carbons (Fsp3) is 0.429. The summed E-state index contributed by atoms with van der Waals surface area (Å²) in [6.07, 6.45) is -0.352. The van der Waals surface area contributed by atoms with E-state index in [2.05, 4.69) is 5.32 Å². The summed E-state index contributed by atoms with van der Waals surface area (Å²) in [5.74, 6) is -1.12. The highest BCUT2D eigenvalue weighted by Crippen LogP contribution is 2.18. The summed E-state index contributed by atoms with van der Waals surface area (Å²) in [5, 5.41) is 13.1. The maximum absolute atomic E-state index is 11.7. The Bertz CT molecular complexity index is 463. The number of anilines is 1. The molecule has 1 radical (unpaired) electrons. The van der Waals surface area contributed by atoms with Crippen LogP contribution in [0.5, 0.6) is 0 Å². The molecule has 0 saturated carbocycles. The molecule has 0 aliphatic rings. The van der Waals surface area contributed by atoms with E-state index in [4.69, 9.17) is 4.74 Å². The van der Waals surface area contributed by atoms with E-state index in [0.29, 0.717) is 12.1 Å². The van der Waals surface area contributed by atoms with Gasteiger partial charge in [-0.15, -0.1) is 0 Å². The normalized spacial score (nSPS) is 10.9. The average molecular weight is 264 g/mol. The van der Waals surface area contributed by atoms with Gasteiger partial charge >= 0.3 is 12.1 Å². The van der Waals surface area contributed by atoms with Crippen LogP contribution in [-0.4, -0.2) is 17.7 Å². The van der Waals surface area contributed by atoms with Crippen molar-refractivity contribution in [1.29, 1.82) is 0 Å². The monoisotopic (exact) mass is 264 g/mol. The maximum Gasteiger partial charge on any atom is 0.412 e. The lowest BCUT2D eigenvalue weighted by Gasteiger charge is -2.20. The molecular weight excluding hydrogens is 246 g/mol. The van der Waals surface area contributed by atoms with Gasteiger partial charge in [0.2, 0.25) is 0 Å². The van der Waals surface area contributed by atoms with E-state index < -0.39 is 17.7 Å². The minimum absolute atomic E-state index is 0.0903. The number of benzene rings is 1. The fourth-order valence-corrected chi connectivity index (χ4v) is 1.51. The summed E-state index contributed by atoms with van der Waals surface area (Å²) in [5.41, 5.74) is 0.708. The molecule has 0 aromatic heterocycles. The smallest absolute Gasteiger partial charge is 0.412 e. The zero-order valence-corrected chi connectivity index (χ0v) is 11.4. The number of amides is 1. The van der Waals surface area contributed by atoms with Crippen LogP contribution < -0.4 is 5.32 Å². The summed E-state index contributed by atoms with van der Waals surface area (Å²) < 4.78 is 5.14. The summed E-state index contributed by atoms with van der Waals surface area (Å²) in [6.45, 7) is 5.32. The molecular formula is C14H18NO4. The van der Waals surface area contributed by atoms with Crippen molar-refractivity contribution in [1.82, 2.24) is 0 Å².